The first kappa shape index (κ1) is 19.6. The van der Waals surface area contributed by atoms with Gasteiger partial charge in [0, 0.05) is 11.4 Å². The zero-order chi connectivity index (χ0) is 21.3. The van der Waals surface area contributed by atoms with Crippen LogP contribution < -0.4 is 14.8 Å². The van der Waals surface area contributed by atoms with Crippen LogP contribution in [0.3, 0.4) is 0 Å². The molecule has 2 atom stereocenters. The lowest BCUT2D eigenvalue weighted by Crippen LogP contribution is -2.39. The molecular weight excluding hydrogens is 384 g/mol. The van der Waals surface area contributed by atoms with Gasteiger partial charge < -0.3 is 14.8 Å². The maximum atomic E-state index is 13.4. The minimum Gasteiger partial charge on any atom is -0.493 e. The number of nitrogens with zero attached hydrogens (tertiary/aromatic N) is 5. The van der Waals surface area contributed by atoms with Crippen LogP contribution in [0.5, 0.6) is 11.5 Å². The van der Waals surface area contributed by atoms with E-state index in [-0.39, 0.29) is 5.91 Å². The second-order valence-electron chi connectivity index (χ2n) is 7.02. The number of nitrogens with one attached hydrogen (secondary N) is 1. The second-order valence-corrected chi connectivity index (χ2v) is 7.02. The molecule has 0 aliphatic carbocycles. The maximum Gasteiger partial charge on any atom is 0.269 e. The summed E-state index contributed by atoms with van der Waals surface area (Å²) in [6.45, 7) is 3.76. The molecular formula is C21H22N6O3. The van der Waals surface area contributed by atoms with E-state index >= 15 is 0 Å². The van der Waals surface area contributed by atoms with E-state index in [0.717, 1.165) is 16.8 Å². The molecule has 2 aromatic carbocycles. The van der Waals surface area contributed by atoms with Crippen LogP contribution in [0, 0.1) is 12.8 Å². The summed E-state index contributed by atoms with van der Waals surface area (Å²) in [4.78, 5) is 17.8. The molecule has 1 aliphatic rings. The third-order valence-corrected chi connectivity index (χ3v) is 5.22. The Morgan fingerprint density at radius 1 is 1.07 bits per heavy atom. The van der Waals surface area contributed by atoms with Gasteiger partial charge in [0.05, 0.1) is 20.3 Å². The Labute approximate surface area is 173 Å². The van der Waals surface area contributed by atoms with Crippen molar-refractivity contribution in [1.82, 2.24) is 20.2 Å². The van der Waals surface area contributed by atoms with E-state index in [9.17, 15) is 4.79 Å². The third-order valence-electron chi connectivity index (χ3n) is 5.22. The molecule has 2 unspecified atom stereocenters. The Bertz CT molecular complexity index is 1120. The first-order valence-electron chi connectivity index (χ1n) is 9.45. The predicted molar refractivity (Wildman–Crippen MR) is 112 cm³/mol. The van der Waals surface area contributed by atoms with Gasteiger partial charge in [-0.25, -0.2) is 9.67 Å². The number of hydrogen-bond donors (Lipinski definition) is 1. The average molecular weight is 406 g/mol. The van der Waals surface area contributed by atoms with E-state index in [1.165, 1.54) is 0 Å². The van der Waals surface area contributed by atoms with Crippen LogP contribution in [-0.2, 0) is 4.79 Å². The van der Waals surface area contributed by atoms with Crippen molar-refractivity contribution < 1.29 is 14.3 Å². The van der Waals surface area contributed by atoms with Gasteiger partial charge in [0.2, 0.25) is 5.91 Å². The van der Waals surface area contributed by atoms with E-state index in [1.54, 1.807) is 25.0 Å². The van der Waals surface area contributed by atoms with Gasteiger partial charge in [-0.15, -0.1) is 0 Å². The quantitative estimate of drug-likeness (QED) is 0.699. The topological polar surface area (TPSA) is 104 Å². The number of methoxy groups -OCH3 is 2. The number of anilines is 1. The maximum absolute atomic E-state index is 13.4. The molecule has 3 aromatic rings. The molecule has 0 fully saturated rings. The fourth-order valence-electron chi connectivity index (χ4n) is 3.67. The van der Waals surface area contributed by atoms with Crippen LogP contribution in [0.15, 0.2) is 47.5 Å². The minimum atomic E-state index is -0.612. The zero-order valence-electron chi connectivity index (χ0n) is 17.2. The first-order chi connectivity index (χ1) is 14.5. The number of amides is 1. The molecule has 30 heavy (non-hydrogen) atoms. The van der Waals surface area contributed by atoms with E-state index in [2.05, 4.69) is 25.8 Å². The molecule has 154 valence electrons. The largest absolute Gasteiger partial charge is 0.493 e. The lowest BCUT2D eigenvalue weighted by molar-refractivity contribution is -0.118. The van der Waals surface area contributed by atoms with E-state index < -0.39 is 12.0 Å². The van der Waals surface area contributed by atoms with Crippen molar-refractivity contribution in [2.75, 3.05) is 19.5 Å². The van der Waals surface area contributed by atoms with Crippen molar-refractivity contribution in [3.05, 3.63) is 53.6 Å². The summed E-state index contributed by atoms with van der Waals surface area (Å²) in [6, 6.07) is 12.7. The Morgan fingerprint density at radius 2 is 1.83 bits per heavy atom. The molecule has 4 rings (SSSR count). The van der Waals surface area contributed by atoms with Crippen molar-refractivity contribution in [1.29, 1.82) is 0 Å². The number of benzene rings is 2. The number of aromatic nitrogens is 4. The molecule has 1 aromatic heterocycles. The van der Waals surface area contributed by atoms with Gasteiger partial charge in [-0.3, -0.25) is 4.79 Å². The SMILES string of the molecule is COc1ccc(C2C(C(=O)Nc3ccccc3C)C(C)=Nc3nnnn32)cc1OC. The Hall–Kier alpha value is -3.75. The van der Waals surface area contributed by atoms with Gasteiger partial charge in [-0.05, 0) is 53.6 Å². The number of carbonyl (C=O) groups is 1. The molecule has 0 spiro atoms. The predicted octanol–water partition coefficient (Wildman–Crippen LogP) is 2.95. The van der Waals surface area contributed by atoms with E-state index in [0.29, 0.717) is 23.2 Å². The highest BCUT2D eigenvalue weighted by Gasteiger charge is 2.39. The van der Waals surface area contributed by atoms with Gasteiger partial charge in [-0.1, -0.05) is 29.4 Å². The zero-order valence-corrected chi connectivity index (χ0v) is 17.2. The fraction of sp³-hybridized carbons (Fsp3) is 0.286. The standard InChI is InChI=1S/C21H22N6O3/c1-12-7-5-6-8-15(12)23-20(28)18-13(2)22-21-24-25-26-27(21)19(18)14-9-10-16(29-3)17(11-14)30-4/h5-11,18-19H,1-4H3,(H,23,28). The molecule has 1 N–H and O–H groups in total. The van der Waals surface area contributed by atoms with Gasteiger partial charge >= 0.3 is 0 Å². The van der Waals surface area contributed by atoms with Crippen LogP contribution in [0.25, 0.3) is 0 Å². The summed E-state index contributed by atoms with van der Waals surface area (Å²) >= 11 is 0. The molecule has 2 heterocycles. The summed E-state index contributed by atoms with van der Waals surface area (Å²) in [6.07, 6.45) is 0. The van der Waals surface area contributed by atoms with Crippen LogP contribution in [-0.4, -0.2) is 46.0 Å². The molecule has 1 amide bonds. The van der Waals surface area contributed by atoms with Gasteiger partial charge in [0.15, 0.2) is 11.5 Å². The third kappa shape index (κ3) is 3.38. The summed E-state index contributed by atoms with van der Waals surface area (Å²) in [5, 5.41) is 14.9. The van der Waals surface area contributed by atoms with Crippen LogP contribution in [0.4, 0.5) is 11.6 Å². The van der Waals surface area contributed by atoms with Crippen LogP contribution >= 0.6 is 0 Å². The lowest BCUT2D eigenvalue weighted by atomic mass is 9.87. The van der Waals surface area contributed by atoms with Crippen molar-refractivity contribution in [2.24, 2.45) is 10.9 Å². The van der Waals surface area contributed by atoms with Crippen LogP contribution in [0.2, 0.25) is 0 Å². The van der Waals surface area contributed by atoms with E-state index in [4.69, 9.17) is 9.47 Å². The molecule has 1 aliphatic heterocycles. The normalized spacial score (nSPS) is 17.7. The number of aryl methyl sites for hydroxylation is 1. The molecule has 9 heteroatoms. The monoisotopic (exact) mass is 406 g/mol. The minimum absolute atomic E-state index is 0.188. The molecule has 9 nitrogen and oxygen atoms in total. The van der Waals surface area contributed by atoms with Crippen molar-refractivity contribution >= 4 is 23.3 Å². The average Bonchev–Trinajstić information content (AvgIpc) is 3.21. The highest BCUT2D eigenvalue weighted by atomic mass is 16.5. The van der Waals surface area contributed by atoms with Crippen molar-refractivity contribution in [3.63, 3.8) is 0 Å². The number of ether oxygens (including phenoxy) is 2. The second kappa shape index (κ2) is 7.94. The molecule has 0 bridgehead atoms. The Morgan fingerprint density at radius 3 is 2.57 bits per heavy atom. The lowest BCUT2D eigenvalue weighted by Gasteiger charge is -2.30. The Balaban J connectivity index is 1.78. The highest BCUT2D eigenvalue weighted by molar-refractivity contribution is 6.10. The van der Waals surface area contributed by atoms with Gasteiger partial charge in [0.1, 0.15) is 5.92 Å². The smallest absolute Gasteiger partial charge is 0.269 e. The summed E-state index contributed by atoms with van der Waals surface area (Å²) in [5.74, 6) is 0.709. The number of para-hydroxylation sites is 1. The molecule has 0 saturated carbocycles. The van der Waals surface area contributed by atoms with E-state index in [1.807, 2.05) is 50.2 Å². The molecule has 0 radical (unpaired) electrons. The molecule has 0 saturated heterocycles. The first-order valence-corrected chi connectivity index (χ1v) is 9.45. The van der Waals surface area contributed by atoms with Crippen LogP contribution in [0.1, 0.15) is 24.1 Å². The van der Waals surface area contributed by atoms with Crippen molar-refractivity contribution in [2.45, 2.75) is 19.9 Å². The summed E-state index contributed by atoms with van der Waals surface area (Å²) < 4.78 is 12.4. The highest BCUT2D eigenvalue weighted by Crippen LogP contribution is 2.38. The van der Waals surface area contributed by atoms with Gasteiger partial charge in [-0.2, -0.15) is 0 Å². The number of carbonyl (C=O) groups excluding carboxylic acids is 1. The Kier molecular flexibility index (Phi) is 5.18. The van der Waals surface area contributed by atoms with Gasteiger partial charge in [0.25, 0.3) is 5.95 Å². The van der Waals surface area contributed by atoms with Crippen molar-refractivity contribution in [3.8, 4) is 11.5 Å². The number of fused-ring (bicyclic) bond motifs is 1. The summed E-state index contributed by atoms with van der Waals surface area (Å²) in [5.41, 5.74) is 3.16. The number of hydrogen-bond acceptors (Lipinski definition) is 7. The fourth-order valence-corrected chi connectivity index (χ4v) is 3.67. The number of aliphatic imine (C=N–C) groups is 1. The summed E-state index contributed by atoms with van der Waals surface area (Å²) in [7, 11) is 3.15. The number of rotatable bonds is 5. The number of tetrazole rings is 1.